The Morgan fingerprint density at radius 2 is 2.32 bits per heavy atom. The number of carbonyl (C=O) groups is 1. The summed E-state index contributed by atoms with van der Waals surface area (Å²) in [6, 6.07) is 1.61. The number of nitrogen functional groups attached to an aromatic ring is 1. The van der Waals surface area contributed by atoms with Gasteiger partial charge < -0.3 is 15.8 Å². The summed E-state index contributed by atoms with van der Waals surface area (Å²) < 4.78 is 5.02. The Bertz CT molecular complexity index is 470. The van der Waals surface area contributed by atoms with Gasteiger partial charge in [-0.15, -0.1) is 0 Å². The number of carbonyl (C=O) groups excluding carboxylic acids is 1. The van der Waals surface area contributed by atoms with E-state index in [1.54, 1.807) is 19.2 Å². The molecule has 0 saturated heterocycles. The molecule has 3 N–H and O–H groups in total. The lowest BCUT2D eigenvalue weighted by Crippen LogP contribution is -2.33. The third-order valence-corrected chi connectivity index (χ3v) is 3.65. The van der Waals surface area contributed by atoms with Gasteiger partial charge in [-0.3, -0.25) is 0 Å². The van der Waals surface area contributed by atoms with Crippen molar-refractivity contribution in [1.29, 1.82) is 0 Å². The van der Waals surface area contributed by atoms with Gasteiger partial charge in [-0.05, 0) is 31.2 Å². The zero-order valence-electron chi connectivity index (χ0n) is 11.5. The predicted molar refractivity (Wildman–Crippen MR) is 75.1 cm³/mol. The molecule has 1 fully saturated rings. The van der Waals surface area contributed by atoms with Crippen LogP contribution in [-0.4, -0.2) is 24.1 Å². The van der Waals surface area contributed by atoms with Crippen LogP contribution >= 0.6 is 0 Å². The van der Waals surface area contributed by atoms with Crippen LogP contribution in [0.25, 0.3) is 0 Å². The molecule has 104 valence electrons. The van der Waals surface area contributed by atoms with Gasteiger partial charge in [0.15, 0.2) is 0 Å². The lowest BCUT2D eigenvalue weighted by Gasteiger charge is -2.38. The van der Waals surface area contributed by atoms with Gasteiger partial charge in [0.05, 0.1) is 18.5 Å². The Balaban J connectivity index is 2.12. The summed E-state index contributed by atoms with van der Waals surface area (Å²) in [6.07, 6.45) is 5.25. The van der Waals surface area contributed by atoms with Crippen LogP contribution in [-0.2, 0) is 4.74 Å². The summed E-state index contributed by atoms with van der Waals surface area (Å²) in [5, 5.41) is 3.25. The van der Waals surface area contributed by atoms with Crippen molar-refractivity contribution in [2.24, 2.45) is 5.41 Å². The van der Waals surface area contributed by atoms with E-state index in [0.717, 1.165) is 6.54 Å². The minimum Gasteiger partial charge on any atom is -0.462 e. The van der Waals surface area contributed by atoms with E-state index < -0.39 is 0 Å². The third-order valence-electron chi connectivity index (χ3n) is 3.65. The maximum Gasteiger partial charge on any atom is 0.341 e. The number of hydrogen-bond donors (Lipinski definition) is 2. The van der Waals surface area contributed by atoms with Gasteiger partial charge in [-0.2, -0.15) is 0 Å². The van der Waals surface area contributed by atoms with Crippen molar-refractivity contribution in [3.63, 3.8) is 0 Å². The zero-order valence-corrected chi connectivity index (χ0v) is 11.5. The van der Waals surface area contributed by atoms with E-state index in [1.165, 1.54) is 19.3 Å². The first kappa shape index (κ1) is 13.6. The Morgan fingerprint density at radius 1 is 1.58 bits per heavy atom. The number of nitrogens with one attached hydrogen (secondary N) is 1. The topological polar surface area (TPSA) is 77.2 Å². The van der Waals surface area contributed by atoms with Crippen LogP contribution in [0.15, 0.2) is 12.3 Å². The summed E-state index contributed by atoms with van der Waals surface area (Å²) in [4.78, 5) is 16.1. The first-order chi connectivity index (χ1) is 9.04. The third kappa shape index (κ3) is 3.16. The number of anilines is 2. The molecule has 19 heavy (non-hydrogen) atoms. The summed E-state index contributed by atoms with van der Waals surface area (Å²) in [5.41, 5.74) is 6.87. The highest BCUT2D eigenvalue weighted by atomic mass is 16.5. The average molecular weight is 263 g/mol. The Hall–Kier alpha value is -1.78. The van der Waals surface area contributed by atoms with E-state index in [1.807, 2.05) is 0 Å². The fourth-order valence-corrected chi connectivity index (χ4v) is 2.24. The lowest BCUT2D eigenvalue weighted by molar-refractivity contribution is 0.0527. The molecule has 1 aliphatic rings. The summed E-state index contributed by atoms with van der Waals surface area (Å²) in [7, 11) is 0. The molecule has 0 radical (unpaired) electrons. The molecule has 0 bridgehead atoms. The second-order valence-corrected chi connectivity index (χ2v) is 5.40. The van der Waals surface area contributed by atoms with Crippen LogP contribution in [0.2, 0.25) is 0 Å². The van der Waals surface area contributed by atoms with Crippen LogP contribution in [0.4, 0.5) is 11.5 Å². The monoisotopic (exact) mass is 263 g/mol. The van der Waals surface area contributed by atoms with Gasteiger partial charge in [-0.1, -0.05) is 13.3 Å². The first-order valence-electron chi connectivity index (χ1n) is 6.70. The van der Waals surface area contributed by atoms with E-state index >= 15 is 0 Å². The lowest BCUT2D eigenvalue weighted by atomic mass is 9.70. The van der Waals surface area contributed by atoms with Gasteiger partial charge in [0.2, 0.25) is 0 Å². The van der Waals surface area contributed by atoms with Gasteiger partial charge in [0.25, 0.3) is 0 Å². The quantitative estimate of drug-likeness (QED) is 0.798. The Kier molecular flexibility index (Phi) is 3.93. The van der Waals surface area contributed by atoms with Gasteiger partial charge >= 0.3 is 5.97 Å². The highest BCUT2D eigenvalue weighted by Gasteiger charge is 2.31. The van der Waals surface area contributed by atoms with Gasteiger partial charge in [0.1, 0.15) is 11.4 Å². The highest BCUT2D eigenvalue weighted by molar-refractivity contribution is 5.95. The number of rotatable bonds is 5. The Morgan fingerprint density at radius 3 is 2.89 bits per heavy atom. The number of hydrogen-bond acceptors (Lipinski definition) is 5. The predicted octanol–water partition coefficient (Wildman–Crippen LogP) is 2.44. The van der Waals surface area contributed by atoms with Crippen LogP contribution in [0.3, 0.4) is 0 Å². The van der Waals surface area contributed by atoms with Crippen molar-refractivity contribution >= 4 is 17.5 Å². The largest absolute Gasteiger partial charge is 0.462 e. The Labute approximate surface area is 113 Å². The van der Waals surface area contributed by atoms with E-state index in [-0.39, 0.29) is 5.97 Å². The standard InChI is InChI=1S/C14H21N3O2/c1-3-19-13(18)11-7-10(15)8-16-12(11)17-9-14(2)5-4-6-14/h7-8H,3-6,9,15H2,1-2H3,(H,16,17). The van der Waals surface area contributed by atoms with Crippen molar-refractivity contribution in [2.45, 2.75) is 33.1 Å². The molecule has 0 spiro atoms. The molecule has 1 saturated carbocycles. The van der Waals surface area contributed by atoms with Gasteiger partial charge in [-0.25, -0.2) is 9.78 Å². The van der Waals surface area contributed by atoms with Crippen molar-refractivity contribution in [2.75, 3.05) is 24.2 Å². The molecule has 1 heterocycles. The van der Waals surface area contributed by atoms with Gasteiger partial charge in [0, 0.05) is 6.54 Å². The summed E-state index contributed by atoms with van der Waals surface area (Å²) in [6.45, 7) is 5.17. The maximum atomic E-state index is 11.9. The smallest absolute Gasteiger partial charge is 0.341 e. The molecule has 0 aliphatic heterocycles. The van der Waals surface area contributed by atoms with E-state index in [9.17, 15) is 4.79 Å². The van der Waals surface area contributed by atoms with Crippen molar-refractivity contribution < 1.29 is 9.53 Å². The molecule has 1 aliphatic carbocycles. The molecule has 0 unspecified atom stereocenters. The number of esters is 1. The molecule has 5 heteroatoms. The van der Waals surface area contributed by atoms with Crippen LogP contribution < -0.4 is 11.1 Å². The molecular formula is C14H21N3O2. The molecular weight excluding hydrogens is 242 g/mol. The van der Waals surface area contributed by atoms with E-state index in [4.69, 9.17) is 10.5 Å². The normalized spacial score (nSPS) is 16.5. The van der Waals surface area contributed by atoms with Crippen molar-refractivity contribution in [3.8, 4) is 0 Å². The van der Waals surface area contributed by atoms with Crippen LogP contribution in [0, 0.1) is 5.41 Å². The number of ether oxygens (including phenoxy) is 1. The van der Waals surface area contributed by atoms with Crippen LogP contribution in [0.5, 0.6) is 0 Å². The maximum absolute atomic E-state index is 11.9. The first-order valence-corrected chi connectivity index (χ1v) is 6.70. The zero-order chi connectivity index (χ0) is 13.9. The van der Waals surface area contributed by atoms with Crippen LogP contribution in [0.1, 0.15) is 43.5 Å². The molecule has 0 aromatic carbocycles. The number of pyridine rings is 1. The van der Waals surface area contributed by atoms with Crippen molar-refractivity contribution in [1.82, 2.24) is 4.98 Å². The fraction of sp³-hybridized carbons (Fsp3) is 0.571. The molecule has 0 atom stereocenters. The summed E-state index contributed by atoms with van der Waals surface area (Å²) >= 11 is 0. The molecule has 1 aromatic rings. The average Bonchev–Trinajstić information content (AvgIpc) is 2.35. The number of nitrogens with zero attached hydrogens (tertiary/aromatic N) is 1. The number of nitrogens with two attached hydrogens (primary N) is 1. The van der Waals surface area contributed by atoms with Crippen molar-refractivity contribution in [3.05, 3.63) is 17.8 Å². The fourth-order valence-electron chi connectivity index (χ4n) is 2.24. The molecule has 0 amide bonds. The molecule has 5 nitrogen and oxygen atoms in total. The minimum atomic E-state index is -0.386. The SMILES string of the molecule is CCOC(=O)c1cc(N)cnc1NCC1(C)CCC1. The van der Waals surface area contributed by atoms with E-state index in [0.29, 0.717) is 29.1 Å². The molecule has 1 aromatic heterocycles. The van der Waals surface area contributed by atoms with E-state index in [2.05, 4.69) is 17.2 Å². The second-order valence-electron chi connectivity index (χ2n) is 5.40. The summed E-state index contributed by atoms with van der Waals surface area (Å²) in [5.74, 6) is 0.171. The molecule has 2 rings (SSSR count). The second kappa shape index (κ2) is 5.47. The minimum absolute atomic E-state index is 0.314. The number of aromatic nitrogens is 1. The highest BCUT2D eigenvalue weighted by Crippen LogP contribution is 2.40.